The lowest BCUT2D eigenvalue weighted by Crippen LogP contribution is -2.22. The van der Waals surface area contributed by atoms with E-state index in [1.807, 2.05) is 6.92 Å². The van der Waals surface area contributed by atoms with Gasteiger partial charge >= 0.3 is 11.9 Å². The van der Waals surface area contributed by atoms with E-state index in [0.717, 1.165) is 0 Å². The molecule has 0 saturated heterocycles. The highest BCUT2D eigenvalue weighted by Crippen LogP contribution is 2.07. The van der Waals surface area contributed by atoms with Crippen LogP contribution in [0.15, 0.2) is 12.2 Å². The largest absolute Gasteiger partial charge is 0.466 e. The van der Waals surface area contributed by atoms with E-state index in [2.05, 4.69) is 6.58 Å². The van der Waals surface area contributed by atoms with Crippen molar-refractivity contribution in [3.05, 3.63) is 12.2 Å². The number of rotatable bonds is 6. The van der Waals surface area contributed by atoms with Gasteiger partial charge in [0, 0.05) is 5.57 Å². The number of hydrogen-bond donors (Lipinski definition) is 0. The van der Waals surface area contributed by atoms with Gasteiger partial charge in [0.1, 0.15) is 6.10 Å². The van der Waals surface area contributed by atoms with Crippen LogP contribution in [0, 0.1) is 0 Å². The van der Waals surface area contributed by atoms with Crippen molar-refractivity contribution < 1.29 is 19.1 Å². The number of esters is 2. The first-order valence-corrected chi connectivity index (χ1v) is 5.03. The van der Waals surface area contributed by atoms with Crippen molar-refractivity contribution in [2.75, 3.05) is 6.61 Å². The predicted molar refractivity (Wildman–Crippen MR) is 56.2 cm³/mol. The van der Waals surface area contributed by atoms with E-state index >= 15 is 0 Å². The Morgan fingerprint density at radius 3 is 2.33 bits per heavy atom. The summed E-state index contributed by atoms with van der Waals surface area (Å²) in [5.41, 5.74) is 0.331. The van der Waals surface area contributed by atoms with Crippen LogP contribution < -0.4 is 0 Å². The van der Waals surface area contributed by atoms with Crippen molar-refractivity contribution in [3.63, 3.8) is 0 Å². The number of ether oxygens (including phenoxy) is 2. The summed E-state index contributed by atoms with van der Waals surface area (Å²) in [5.74, 6) is -0.815. The minimum atomic E-state index is -0.467. The van der Waals surface area contributed by atoms with Crippen LogP contribution in [0.4, 0.5) is 0 Å². The van der Waals surface area contributed by atoms with Gasteiger partial charge in [-0.3, -0.25) is 4.79 Å². The molecule has 86 valence electrons. The lowest BCUT2D eigenvalue weighted by molar-refractivity contribution is -0.152. The molecule has 0 aromatic heterocycles. The number of hydrogen-bond acceptors (Lipinski definition) is 4. The second kappa shape index (κ2) is 7.04. The zero-order valence-corrected chi connectivity index (χ0v) is 9.54. The van der Waals surface area contributed by atoms with Crippen LogP contribution in [0.5, 0.6) is 0 Å². The molecule has 0 spiro atoms. The molecular formula is C11H18O4. The average molecular weight is 214 g/mol. The summed E-state index contributed by atoms with van der Waals surface area (Å²) >= 11 is 0. The van der Waals surface area contributed by atoms with Crippen LogP contribution in [0.2, 0.25) is 0 Å². The maximum Gasteiger partial charge on any atom is 0.333 e. The second-order valence-corrected chi connectivity index (χ2v) is 3.23. The Bertz CT molecular complexity index is 245. The van der Waals surface area contributed by atoms with E-state index < -0.39 is 12.1 Å². The molecule has 0 aromatic carbocycles. The Labute approximate surface area is 90.2 Å². The summed E-state index contributed by atoms with van der Waals surface area (Å²) in [7, 11) is 0. The van der Waals surface area contributed by atoms with Gasteiger partial charge in [-0.25, -0.2) is 4.79 Å². The first-order valence-electron chi connectivity index (χ1n) is 5.03. The van der Waals surface area contributed by atoms with Gasteiger partial charge in [-0.05, 0) is 20.3 Å². The fourth-order valence-corrected chi connectivity index (χ4v) is 0.927. The summed E-state index contributed by atoms with van der Waals surface area (Å²) in [5, 5.41) is 0. The van der Waals surface area contributed by atoms with Crippen molar-refractivity contribution in [2.45, 2.75) is 39.7 Å². The quantitative estimate of drug-likeness (QED) is 0.500. The van der Waals surface area contributed by atoms with Crippen LogP contribution in [-0.2, 0) is 19.1 Å². The second-order valence-electron chi connectivity index (χ2n) is 3.23. The minimum absolute atomic E-state index is 0.101. The van der Waals surface area contributed by atoms with Crippen molar-refractivity contribution in [1.29, 1.82) is 0 Å². The molecule has 1 unspecified atom stereocenters. The highest BCUT2D eigenvalue weighted by Gasteiger charge is 2.17. The predicted octanol–water partition coefficient (Wildman–Crippen LogP) is 1.84. The van der Waals surface area contributed by atoms with Gasteiger partial charge in [-0.15, -0.1) is 0 Å². The lowest BCUT2D eigenvalue weighted by atomic mass is 10.2. The molecule has 0 saturated carbocycles. The molecule has 0 fully saturated rings. The Kier molecular flexibility index (Phi) is 6.42. The third kappa shape index (κ3) is 5.88. The SMILES string of the molecule is C=C(C)C(=O)OC(CC)CC(=O)OCC. The summed E-state index contributed by atoms with van der Waals surface area (Å²) in [6.07, 6.45) is 0.259. The zero-order valence-electron chi connectivity index (χ0n) is 9.54. The fourth-order valence-electron chi connectivity index (χ4n) is 0.927. The monoisotopic (exact) mass is 214 g/mol. The van der Waals surface area contributed by atoms with E-state index in [0.29, 0.717) is 18.6 Å². The maximum atomic E-state index is 11.2. The summed E-state index contributed by atoms with van der Waals surface area (Å²) in [6, 6.07) is 0. The molecule has 0 amide bonds. The van der Waals surface area contributed by atoms with Gasteiger partial charge in [0.15, 0.2) is 0 Å². The Balaban J connectivity index is 4.08. The van der Waals surface area contributed by atoms with E-state index in [1.165, 1.54) is 0 Å². The normalized spacial score (nSPS) is 11.7. The van der Waals surface area contributed by atoms with Gasteiger partial charge in [0.2, 0.25) is 0 Å². The van der Waals surface area contributed by atoms with E-state index in [9.17, 15) is 9.59 Å². The average Bonchev–Trinajstić information content (AvgIpc) is 2.16. The van der Waals surface area contributed by atoms with Crippen molar-refractivity contribution in [2.24, 2.45) is 0 Å². The van der Waals surface area contributed by atoms with Gasteiger partial charge in [-0.2, -0.15) is 0 Å². The molecule has 4 nitrogen and oxygen atoms in total. The highest BCUT2D eigenvalue weighted by atomic mass is 16.6. The third-order valence-corrected chi connectivity index (χ3v) is 1.78. The molecule has 1 atom stereocenters. The standard InChI is InChI=1S/C11H18O4/c1-5-9(7-10(12)14-6-2)15-11(13)8(3)4/h9H,3,5-7H2,1-2,4H3. The van der Waals surface area contributed by atoms with E-state index in [-0.39, 0.29) is 12.4 Å². The first-order chi connectivity index (χ1) is 7.01. The first kappa shape index (κ1) is 13.7. The molecule has 0 aliphatic heterocycles. The van der Waals surface area contributed by atoms with E-state index in [1.54, 1.807) is 13.8 Å². The van der Waals surface area contributed by atoms with Crippen molar-refractivity contribution >= 4 is 11.9 Å². The van der Waals surface area contributed by atoms with Gasteiger partial charge in [-0.1, -0.05) is 13.5 Å². The Hall–Kier alpha value is -1.32. The molecule has 0 N–H and O–H groups in total. The third-order valence-electron chi connectivity index (χ3n) is 1.78. The van der Waals surface area contributed by atoms with Crippen LogP contribution in [-0.4, -0.2) is 24.6 Å². The van der Waals surface area contributed by atoms with Crippen LogP contribution >= 0.6 is 0 Å². The fraction of sp³-hybridized carbons (Fsp3) is 0.636. The Morgan fingerprint density at radius 1 is 1.33 bits per heavy atom. The van der Waals surface area contributed by atoms with Gasteiger partial charge in [0.05, 0.1) is 13.0 Å². The maximum absolute atomic E-state index is 11.2. The van der Waals surface area contributed by atoms with Crippen LogP contribution in [0.3, 0.4) is 0 Å². The summed E-state index contributed by atoms with van der Waals surface area (Å²) in [6.45, 7) is 8.95. The number of carbonyl (C=O) groups excluding carboxylic acids is 2. The topological polar surface area (TPSA) is 52.6 Å². The van der Waals surface area contributed by atoms with Crippen LogP contribution in [0.1, 0.15) is 33.6 Å². The zero-order chi connectivity index (χ0) is 11.8. The van der Waals surface area contributed by atoms with Crippen molar-refractivity contribution in [3.8, 4) is 0 Å². The Morgan fingerprint density at radius 2 is 1.93 bits per heavy atom. The molecule has 0 bridgehead atoms. The van der Waals surface area contributed by atoms with E-state index in [4.69, 9.17) is 9.47 Å². The van der Waals surface area contributed by atoms with Gasteiger partial charge < -0.3 is 9.47 Å². The molecule has 0 aromatic rings. The molecule has 0 heterocycles. The molecule has 15 heavy (non-hydrogen) atoms. The van der Waals surface area contributed by atoms with Gasteiger partial charge in [0.25, 0.3) is 0 Å². The minimum Gasteiger partial charge on any atom is -0.466 e. The summed E-state index contributed by atoms with van der Waals surface area (Å²) < 4.78 is 9.80. The molecule has 0 rings (SSSR count). The highest BCUT2D eigenvalue weighted by molar-refractivity contribution is 5.87. The smallest absolute Gasteiger partial charge is 0.333 e. The molecule has 4 heteroatoms. The molecular weight excluding hydrogens is 196 g/mol. The molecule has 0 aliphatic carbocycles. The molecule has 0 aliphatic rings. The summed E-state index contributed by atoms with van der Waals surface area (Å²) in [4.78, 5) is 22.3. The van der Waals surface area contributed by atoms with Crippen LogP contribution in [0.25, 0.3) is 0 Å². The van der Waals surface area contributed by atoms with Crippen molar-refractivity contribution in [1.82, 2.24) is 0 Å². The number of carbonyl (C=O) groups is 2. The molecule has 0 radical (unpaired) electrons. The lowest BCUT2D eigenvalue weighted by Gasteiger charge is -2.15.